The number of anilines is 2. The Morgan fingerprint density at radius 2 is 2.35 bits per heavy atom. The van der Waals surface area contributed by atoms with Crippen LogP contribution in [0.3, 0.4) is 0 Å². The van der Waals surface area contributed by atoms with Crippen molar-refractivity contribution in [2.45, 2.75) is 13.0 Å². The summed E-state index contributed by atoms with van der Waals surface area (Å²) in [6, 6.07) is 5.32. The minimum atomic E-state index is -0.459. The lowest BCUT2D eigenvalue weighted by molar-refractivity contribution is -0.383. The second-order valence-electron chi connectivity index (χ2n) is 4.30. The monoisotopic (exact) mass is 236 g/mol. The van der Waals surface area contributed by atoms with Gasteiger partial charge in [0.15, 0.2) is 0 Å². The van der Waals surface area contributed by atoms with Gasteiger partial charge in [0.1, 0.15) is 5.69 Å². The molecule has 0 aliphatic carbocycles. The third-order valence-electron chi connectivity index (χ3n) is 2.94. The van der Waals surface area contributed by atoms with E-state index in [1.54, 1.807) is 12.1 Å². The van der Waals surface area contributed by atoms with Crippen molar-refractivity contribution in [2.75, 3.05) is 30.3 Å². The second-order valence-corrected chi connectivity index (χ2v) is 4.30. The number of rotatable bonds is 2. The van der Waals surface area contributed by atoms with Gasteiger partial charge in [0.05, 0.1) is 4.92 Å². The number of nitro benzene ring substituents is 1. The first kappa shape index (κ1) is 11.7. The van der Waals surface area contributed by atoms with Gasteiger partial charge >= 0.3 is 0 Å². The molecule has 1 aromatic carbocycles. The lowest BCUT2D eigenvalue weighted by Gasteiger charge is -2.33. The summed E-state index contributed by atoms with van der Waals surface area (Å²) in [5.74, 6) is 0. The lowest BCUT2D eigenvalue weighted by atomic mass is 10.2. The highest BCUT2D eigenvalue weighted by atomic mass is 16.6. The van der Waals surface area contributed by atoms with Crippen molar-refractivity contribution in [2.24, 2.45) is 0 Å². The first-order valence-electron chi connectivity index (χ1n) is 5.60. The summed E-state index contributed by atoms with van der Waals surface area (Å²) in [6.45, 7) is 4.80. The van der Waals surface area contributed by atoms with E-state index < -0.39 is 4.92 Å². The van der Waals surface area contributed by atoms with Gasteiger partial charge in [-0.15, -0.1) is 0 Å². The van der Waals surface area contributed by atoms with Gasteiger partial charge in [-0.25, -0.2) is 0 Å². The molecule has 0 spiro atoms. The average Bonchev–Trinajstić information content (AvgIpc) is 2.28. The number of nitrogen functional groups attached to an aromatic ring is 1. The average molecular weight is 236 g/mol. The Hall–Kier alpha value is -1.82. The summed E-state index contributed by atoms with van der Waals surface area (Å²) in [6.07, 6.45) is 0. The fraction of sp³-hybridized carbons (Fsp3) is 0.455. The van der Waals surface area contributed by atoms with E-state index in [2.05, 4.69) is 17.1 Å². The highest BCUT2D eigenvalue weighted by molar-refractivity contribution is 5.66. The molecule has 0 aromatic heterocycles. The SMILES string of the molecule is C[C@@H]1CN(c2ccc([N+](=O)[O-])c(N)c2)CCN1. The minimum Gasteiger partial charge on any atom is -0.393 e. The van der Waals surface area contributed by atoms with Gasteiger partial charge in [-0.3, -0.25) is 10.1 Å². The maximum Gasteiger partial charge on any atom is 0.292 e. The number of nitrogens with one attached hydrogen (secondary N) is 1. The van der Waals surface area contributed by atoms with Crippen LogP contribution in [-0.4, -0.2) is 30.6 Å². The molecule has 1 atom stereocenters. The van der Waals surface area contributed by atoms with Crippen LogP contribution in [0.15, 0.2) is 18.2 Å². The molecule has 3 N–H and O–H groups in total. The van der Waals surface area contributed by atoms with Gasteiger partial charge in [-0.2, -0.15) is 0 Å². The first-order chi connectivity index (χ1) is 8.08. The molecule has 0 unspecified atom stereocenters. The topological polar surface area (TPSA) is 84.4 Å². The molecule has 1 fully saturated rings. The van der Waals surface area contributed by atoms with Gasteiger partial charge in [-0.1, -0.05) is 0 Å². The molecular formula is C11H16N4O2. The van der Waals surface area contributed by atoms with Crippen molar-refractivity contribution < 1.29 is 4.92 Å². The Morgan fingerprint density at radius 3 is 2.94 bits per heavy atom. The number of nitro groups is 1. The molecule has 0 saturated carbocycles. The summed E-state index contributed by atoms with van der Waals surface area (Å²) < 4.78 is 0. The van der Waals surface area contributed by atoms with Crippen LogP contribution in [0.5, 0.6) is 0 Å². The Morgan fingerprint density at radius 1 is 1.59 bits per heavy atom. The van der Waals surface area contributed by atoms with E-state index in [0.29, 0.717) is 6.04 Å². The Labute approximate surface area is 99.6 Å². The predicted octanol–water partition coefficient (Wildman–Crippen LogP) is 0.975. The van der Waals surface area contributed by atoms with E-state index >= 15 is 0 Å². The van der Waals surface area contributed by atoms with E-state index in [4.69, 9.17) is 5.73 Å². The zero-order valence-corrected chi connectivity index (χ0v) is 9.72. The van der Waals surface area contributed by atoms with Crippen LogP contribution in [0.4, 0.5) is 17.1 Å². The molecule has 92 valence electrons. The summed E-state index contributed by atoms with van der Waals surface area (Å²) in [5.41, 5.74) is 6.82. The maximum absolute atomic E-state index is 10.7. The number of nitrogens with zero attached hydrogens (tertiary/aromatic N) is 2. The van der Waals surface area contributed by atoms with Crippen molar-refractivity contribution in [1.82, 2.24) is 5.32 Å². The molecule has 2 rings (SSSR count). The van der Waals surface area contributed by atoms with E-state index in [0.717, 1.165) is 25.3 Å². The van der Waals surface area contributed by atoms with Crippen LogP contribution in [0.25, 0.3) is 0 Å². The fourth-order valence-electron chi connectivity index (χ4n) is 2.07. The quantitative estimate of drug-likeness (QED) is 0.454. The molecule has 1 aliphatic rings. The van der Waals surface area contributed by atoms with Gasteiger partial charge in [0.2, 0.25) is 0 Å². The molecular weight excluding hydrogens is 220 g/mol. The standard InChI is InChI=1S/C11H16N4O2/c1-8-7-14(5-4-13-8)9-2-3-11(15(16)17)10(12)6-9/h2-3,6,8,13H,4-5,7,12H2,1H3/t8-/m1/s1. The molecule has 0 bridgehead atoms. The van der Waals surface area contributed by atoms with Gasteiger partial charge < -0.3 is 16.0 Å². The van der Waals surface area contributed by atoms with E-state index in [9.17, 15) is 10.1 Å². The van der Waals surface area contributed by atoms with Crippen molar-refractivity contribution in [3.05, 3.63) is 28.3 Å². The van der Waals surface area contributed by atoms with Crippen LogP contribution in [0.1, 0.15) is 6.92 Å². The fourth-order valence-corrected chi connectivity index (χ4v) is 2.07. The van der Waals surface area contributed by atoms with E-state index in [-0.39, 0.29) is 11.4 Å². The Kier molecular flexibility index (Phi) is 3.14. The van der Waals surface area contributed by atoms with Crippen molar-refractivity contribution in [3.8, 4) is 0 Å². The number of nitrogens with two attached hydrogens (primary N) is 1. The summed E-state index contributed by atoms with van der Waals surface area (Å²) in [4.78, 5) is 12.4. The van der Waals surface area contributed by atoms with Crippen LogP contribution in [0, 0.1) is 10.1 Å². The molecule has 1 aromatic rings. The Balaban J connectivity index is 2.22. The maximum atomic E-state index is 10.7. The molecule has 0 amide bonds. The summed E-state index contributed by atoms with van der Waals surface area (Å²) in [5, 5.41) is 14.0. The minimum absolute atomic E-state index is 0.0306. The molecule has 1 aliphatic heterocycles. The van der Waals surface area contributed by atoms with Gasteiger partial charge in [-0.05, 0) is 19.1 Å². The van der Waals surface area contributed by atoms with Crippen LogP contribution >= 0.6 is 0 Å². The number of hydrogen-bond acceptors (Lipinski definition) is 5. The first-order valence-corrected chi connectivity index (χ1v) is 5.60. The molecule has 1 saturated heterocycles. The van der Waals surface area contributed by atoms with Crippen molar-refractivity contribution >= 4 is 17.1 Å². The van der Waals surface area contributed by atoms with E-state index in [1.807, 2.05) is 0 Å². The predicted molar refractivity (Wildman–Crippen MR) is 67.2 cm³/mol. The lowest BCUT2D eigenvalue weighted by Crippen LogP contribution is -2.49. The normalized spacial score (nSPS) is 20.3. The van der Waals surface area contributed by atoms with Crippen LogP contribution in [0.2, 0.25) is 0 Å². The van der Waals surface area contributed by atoms with Crippen molar-refractivity contribution in [3.63, 3.8) is 0 Å². The van der Waals surface area contributed by atoms with Gasteiger partial charge in [0.25, 0.3) is 5.69 Å². The number of piperazine rings is 1. The van der Waals surface area contributed by atoms with E-state index in [1.165, 1.54) is 6.07 Å². The summed E-state index contributed by atoms with van der Waals surface area (Å²) >= 11 is 0. The zero-order valence-electron chi connectivity index (χ0n) is 9.72. The summed E-state index contributed by atoms with van der Waals surface area (Å²) in [7, 11) is 0. The molecule has 6 nitrogen and oxygen atoms in total. The molecule has 6 heteroatoms. The number of benzene rings is 1. The molecule has 17 heavy (non-hydrogen) atoms. The van der Waals surface area contributed by atoms with Crippen LogP contribution in [-0.2, 0) is 0 Å². The third kappa shape index (κ3) is 2.47. The molecule has 0 radical (unpaired) electrons. The molecule has 1 heterocycles. The number of hydrogen-bond donors (Lipinski definition) is 2. The highest BCUT2D eigenvalue weighted by Gasteiger charge is 2.18. The Bertz CT molecular complexity index is 435. The zero-order chi connectivity index (χ0) is 12.4. The van der Waals surface area contributed by atoms with Crippen LogP contribution < -0.4 is 16.0 Å². The third-order valence-corrected chi connectivity index (χ3v) is 2.94. The highest BCUT2D eigenvalue weighted by Crippen LogP contribution is 2.27. The second kappa shape index (κ2) is 4.58. The smallest absolute Gasteiger partial charge is 0.292 e. The largest absolute Gasteiger partial charge is 0.393 e. The van der Waals surface area contributed by atoms with Gasteiger partial charge in [0, 0.05) is 37.4 Å². The van der Waals surface area contributed by atoms with Crippen molar-refractivity contribution in [1.29, 1.82) is 0 Å².